The number of hydrogen-bond acceptors (Lipinski definition) is 4. The fourth-order valence-electron chi connectivity index (χ4n) is 2.78. The highest BCUT2D eigenvalue weighted by molar-refractivity contribution is 5.74. The lowest BCUT2D eigenvalue weighted by atomic mass is 9.90. The number of carboxylic acids is 1. The van der Waals surface area contributed by atoms with Gasteiger partial charge in [0.05, 0.1) is 5.41 Å². The van der Waals surface area contributed by atoms with Gasteiger partial charge in [-0.15, -0.1) is 0 Å². The molecule has 1 unspecified atom stereocenters. The van der Waals surface area contributed by atoms with Crippen molar-refractivity contribution >= 4 is 5.97 Å². The average Bonchev–Trinajstić information content (AvgIpc) is 2.72. The number of rotatable bonds is 4. The first-order valence-corrected chi connectivity index (χ1v) is 6.86. The summed E-state index contributed by atoms with van der Waals surface area (Å²) in [4.78, 5) is 18.3. The van der Waals surface area contributed by atoms with Gasteiger partial charge in [0.2, 0.25) is 0 Å². The Bertz CT molecular complexity index is 303. The molecule has 2 saturated heterocycles. The van der Waals surface area contributed by atoms with Crippen LogP contribution in [0, 0.1) is 5.41 Å². The number of piperazine rings is 1. The highest BCUT2D eigenvalue weighted by Gasteiger charge is 2.40. The van der Waals surface area contributed by atoms with E-state index in [2.05, 4.69) is 21.7 Å². The van der Waals surface area contributed by atoms with Gasteiger partial charge in [0, 0.05) is 45.8 Å². The first-order valence-electron chi connectivity index (χ1n) is 6.86. The first-order chi connectivity index (χ1) is 8.49. The summed E-state index contributed by atoms with van der Waals surface area (Å²) in [5.74, 6) is -0.649. The molecule has 0 aromatic heterocycles. The standard InChI is InChI=1S/C13H25N3O2/c1-13(12(17)18)3-4-16(11-13)10-9-15-7-5-14(2)6-8-15/h3-11H2,1-2H3,(H,17,18). The van der Waals surface area contributed by atoms with Gasteiger partial charge in [-0.25, -0.2) is 0 Å². The van der Waals surface area contributed by atoms with E-state index in [0.29, 0.717) is 6.54 Å². The van der Waals surface area contributed by atoms with Crippen molar-refractivity contribution in [3.63, 3.8) is 0 Å². The molecule has 0 aliphatic carbocycles. The minimum Gasteiger partial charge on any atom is -0.481 e. The molecule has 0 aromatic rings. The normalized spacial score (nSPS) is 31.9. The van der Waals surface area contributed by atoms with Crippen LogP contribution >= 0.6 is 0 Å². The summed E-state index contributed by atoms with van der Waals surface area (Å²) in [5.41, 5.74) is -0.526. The molecule has 2 rings (SSSR count). The van der Waals surface area contributed by atoms with E-state index in [1.54, 1.807) is 0 Å². The number of carbonyl (C=O) groups is 1. The minimum atomic E-state index is -0.649. The summed E-state index contributed by atoms with van der Waals surface area (Å²) in [5, 5.41) is 9.19. The molecule has 1 N–H and O–H groups in total. The van der Waals surface area contributed by atoms with Crippen molar-refractivity contribution in [1.29, 1.82) is 0 Å². The van der Waals surface area contributed by atoms with E-state index in [1.807, 2.05) is 6.92 Å². The van der Waals surface area contributed by atoms with Crippen LogP contribution in [0.3, 0.4) is 0 Å². The van der Waals surface area contributed by atoms with Crippen LogP contribution in [0.1, 0.15) is 13.3 Å². The zero-order valence-corrected chi connectivity index (χ0v) is 11.6. The van der Waals surface area contributed by atoms with Crippen LogP contribution in [0.4, 0.5) is 0 Å². The van der Waals surface area contributed by atoms with Crippen molar-refractivity contribution in [3.05, 3.63) is 0 Å². The van der Waals surface area contributed by atoms with E-state index in [4.69, 9.17) is 0 Å². The highest BCUT2D eigenvalue weighted by Crippen LogP contribution is 2.29. The smallest absolute Gasteiger partial charge is 0.310 e. The molecule has 0 saturated carbocycles. The number of likely N-dealkylation sites (tertiary alicyclic amines) is 1. The Morgan fingerprint density at radius 2 is 1.72 bits per heavy atom. The molecular formula is C13H25N3O2. The monoisotopic (exact) mass is 255 g/mol. The Kier molecular flexibility index (Phi) is 4.25. The molecule has 5 heteroatoms. The third kappa shape index (κ3) is 3.22. The van der Waals surface area contributed by atoms with Crippen LogP contribution in [0.25, 0.3) is 0 Å². The van der Waals surface area contributed by atoms with Crippen molar-refractivity contribution in [1.82, 2.24) is 14.7 Å². The Labute approximate surface area is 109 Å². The summed E-state index contributed by atoms with van der Waals surface area (Å²) in [6.07, 6.45) is 0.783. The molecule has 2 aliphatic rings. The van der Waals surface area contributed by atoms with Gasteiger partial charge in [-0.1, -0.05) is 0 Å². The van der Waals surface area contributed by atoms with Crippen molar-refractivity contribution < 1.29 is 9.90 Å². The Hall–Kier alpha value is -0.650. The predicted octanol–water partition coefficient (Wildman–Crippen LogP) is 0.0304. The third-order valence-corrected chi connectivity index (χ3v) is 4.40. The van der Waals surface area contributed by atoms with E-state index in [9.17, 15) is 9.90 Å². The van der Waals surface area contributed by atoms with Gasteiger partial charge >= 0.3 is 5.97 Å². The zero-order valence-electron chi connectivity index (χ0n) is 11.6. The molecular weight excluding hydrogens is 230 g/mol. The lowest BCUT2D eigenvalue weighted by Crippen LogP contribution is -2.47. The van der Waals surface area contributed by atoms with Crippen LogP contribution in [0.5, 0.6) is 0 Å². The van der Waals surface area contributed by atoms with Crippen molar-refractivity contribution in [3.8, 4) is 0 Å². The lowest BCUT2D eigenvalue weighted by molar-refractivity contribution is -0.147. The van der Waals surface area contributed by atoms with Gasteiger partial charge in [-0.05, 0) is 26.9 Å². The van der Waals surface area contributed by atoms with E-state index in [-0.39, 0.29) is 0 Å². The molecule has 0 amide bonds. The largest absolute Gasteiger partial charge is 0.481 e. The van der Waals surface area contributed by atoms with Crippen LogP contribution in [0.2, 0.25) is 0 Å². The quantitative estimate of drug-likeness (QED) is 0.768. The number of hydrogen-bond donors (Lipinski definition) is 1. The second kappa shape index (κ2) is 5.55. The summed E-state index contributed by atoms with van der Waals surface area (Å²) in [6, 6.07) is 0. The summed E-state index contributed by atoms with van der Waals surface area (Å²) in [6.45, 7) is 10.1. The third-order valence-electron chi connectivity index (χ3n) is 4.40. The van der Waals surface area contributed by atoms with Crippen LogP contribution in [-0.2, 0) is 4.79 Å². The maximum Gasteiger partial charge on any atom is 0.310 e. The van der Waals surface area contributed by atoms with Crippen molar-refractivity contribution in [2.45, 2.75) is 13.3 Å². The van der Waals surface area contributed by atoms with E-state index >= 15 is 0 Å². The maximum absolute atomic E-state index is 11.2. The lowest BCUT2D eigenvalue weighted by Gasteiger charge is -2.33. The molecule has 18 heavy (non-hydrogen) atoms. The van der Waals surface area contributed by atoms with E-state index < -0.39 is 11.4 Å². The van der Waals surface area contributed by atoms with Gasteiger partial charge < -0.3 is 14.9 Å². The molecule has 0 aromatic carbocycles. The van der Waals surface area contributed by atoms with Crippen LogP contribution in [-0.4, -0.2) is 85.2 Å². The first kappa shape index (κ1) is 13.8. The second-order valence-electron chi connectivity index (χ2n) is 6.04. The Morgan fingerprint density at radius 3 is 2.28 bits per heavy atom. The minimum absolute atomic E-state index is 0.526. The second-order valence-corrected chi connectivity index (χ2v) is 6.04. The molecule has 5 nitrogen and oxygen atoms in total. The molecule has 0 spiro atoms. The molecule has 104 valence electrons. The number of likely N-dealkylation sites (N-methyl/N-ethyl adjacent to an activating group) is 1. The van der Waals surface area contributed by atoms with Gasteiger partial charge in [0.25, 0.3) is 0 Å². The number of aliphatic carboxylic acids is 1. The maximum atomic E-state index is 11.2. The molecule has 2 aliphatic heterocycles. The molecule has 1 atom stereocenters. The van der Waals surface area contributed by atoms with E-state index in [0.717, 1.165) is 52.2 Å². The zero-order chi connectivity index (χ0) is 13.2. The Morgan fingerprint density at radius 1 is 1.11 bits per heavy atom. The highest BCUT2D eigenvalue weighted by atomic mass is 16.4. The number of nitrogens with zero attached hydrogens (tertiary/aromatic N) is 3. The number of carboxylic acid groups (broad SMARTS) is 1. The fraction of sp³-hybridized carbons (Fsp3) is 0.923. The van der Waals surface area contributed by atoms with Gasteiger partial charge in [0.15, 0.2) is 0 Å². The molecule has 2 heterocycles. The van der Waals surface area contributed by atoms with Gasteiger partial charge in [-0.2, -0.15) is 0 Å². The van der Waals surface area contributed by atoms with Gasteiger partial charge in [-0.3, -0.25) is 9.69 Å². The van der Waals surface area contributed by atoms with Crippen LogP contribution in [0.15, 0.2) is 0 Å². The molecule has 0 bridgehead atoms. The molecule has 0 radical (unpaired) electrons. The predicted molar refractivity (Wildman–Crippen MR) is 70.7 cm³/mol. The Balaban J connectivity index is 1.71. The van der Waals surface area contributed by atoms with Crippen molar-refractivity contribution in [2.75, 3.05) is 59.4 Å². The SMILES string of the molecule is CN1CCN(CCN2CCC(C)(C(=O)O)C2)CC1. The van der Waals surface area contributed by atoms with Crippen molar-refractivity contribution in [2.24, 2.45) is 5.41 Å². The average molecular weight is 255 g/mol. The summed E-state index contributed by atoms with van der Waals surface area (Å²) >= 11 is 0. The molecule has 2 fully saturated rings. The summed E-state index contributed by atoms with van der Waals surface area (Å²) in [7, 11) is 2.16. The summed E-state index contributed by atoms with van der Waals surface area (Å²) < 4.78 is 0. The van der Waals surface area contributed by atoms with E-state index in [1.165, 1.54) is 0 Å². The van der Waals surface area contributed by atoms with Gasteiger partial charge in [0.1, 0.15) is 0 Å². The fourth-order valence-corrected chi connectivity index (χ4v) is 2.78. The topological polar surface area (TPSA) is 47.0 Å². The van der Waals surface area contributed by atoms with Crippen LogP contribution < -0.4 is 0 Å².